The molecule has 0 fully saturated rings. The third-order valence-corrected chi connectivity index (χ3v) is 2.69. The van der Waals surface area contributed by atoms with Crippen molar-refractivity contribution in [3.63, 3.8) is 0 Å². The van der Waals surface area contributed by atoms with Crippen molar-refractivity contribution in [1.29, 1.82) is 0 Å². The lowest BCUT2D eigenvalue weighted by atomic mass is 9.94. The molecule has 1 aliphatic carbocycles. The monoisotopic (exact) mass is 196 g/mol. The SMILES string of the molecule is CC(C)=C1C=CCC(c2ccccc2)=C1. The molecule has 0 radical (unpaired) electrons. The van der Waals surface area contributed by atoms with Crippen molar-refractivity contribution in [2.75, 3.05) is 0 Å². The second-order valence-corrected chi connectivity index (χ2v) is 4.10. The van der Waals surface area contributed by atoms with Crippen molar-refractivity contribution in [3.8, 4) is 0 Å². The van der Waals surface area contributed by atoms with Gasteiger partial charge in [-0.15, -0.1) is 0 Å². The van der Waals surface area contributed by atoms with Crippen LogP contribution in [0.1, 0.15) is 25.8 Å². The molecule has 0 heterocycles. The molecule has 0 saturated heterocycles. The Labute approximate surface area is 91.6 Å². The van der Waals surface area contributed by atoms with E-state index in [2.05, 4.69) is 62.4 Å². The zero-order valence-corrected chi connectivity index (χ0v) is 9.33. The average molecular weight is 196 g/mol. The van der Waals surface area contributed by atoms with Crippen LogP contribution in [-0.2, 0) is 0 Å². The standard InChI is InChI=1S/C15H16/c1-12(2)14-9-6-10-15(11-14)13-7-4-3-5-8-13/h3-9,11H,10H2,1-2H3. The highest BCUT2D eigenvalue weighted by Gasteiger charge is 2.04. The van der Waals surface area contributed by atoms with E-state index < -0.39 is 0 Å². The molecule has 0 nitrogen and oxygen atoms in total. The molecule has 0 aromatic heterocycles. The Morgan fingerprint density at radius 3 is 2.47 bits per heavy atom. The lowest BCUT2D eigenvalue weighted by Crippen LogP contribution is -1.90. The zero-order valence-electron chi connectivity index (χ0n) is 9.33. The molecule has 0 heteroatoms. The van der Waals surface area contributed by atoms with Crippen LogP contribution in [0.25, 0.3) is 5.57 Å². The minimum atomic E-state index is 1.04. The van der Waals surface area contributed by atoms with Crippen molar-refractivity contribution < 1.29 is 0 Å². The van der Waals surface area contributed by atoms with Gasteiger partial charge in [0.05, 0.1) is 0 Å². The molecular formula is C15H16. The molecule has 0 spiro atoms. The lowest BCUT2D eigenvalue weighted by Gasteiger charge is -2.11. The van der Waals surface area contributed by atoms with Crippen molar-refractivity contribution in [2.45, 2.75) is 20.3 Å². The quantitative estimate of drug-likeness (QED) is 0.625. The van der Waals surface area contributed by atoms with E-state index in [0.29, 0.717) is 0 Å². The molecule has 1 aromatic rings. The second kappa shape index (κ2) is 4.31. The molecule has 76 valence electrons. The first-order chi connectivity index (χ1) is 7.27. The normalized spacial score (nSPS) is 15.1. The molecule has 0 aliphatic heterocycles. The van der Waals surface area contributed by atoms with Gasteiger partial charge in [0.15, 0.2) is 0 Å². The largest absolute Gasteiger partial charge is 0.0795 e. The summed E-state index contributed by atoms with van der Waals surface area (Å²) in [6.07, 6.45) is 7.79. The molecule has 2 rings (SSSR count). The van der Waals surface area contributed by atoms with Crippen LogP contribution in [0.5, 0.6) is 0 Å². The third-order valence-electron chi connectivity index (χ3n) is 2.69. The maximum atomic E-state index is 2.30. The van der Waals surface area contributed by atoms with Gasteiger partial charge in [0.1, 0.15) is 0 Å². The first-order valence-electron chi connectivity index (χ1n) is 5.37. The van der Waals surface area contributed by atoms with E-state index in [0.717, 1.165) is 6.42 Å². The molecular weight excluding hydrogens is 180 g/mol. The average Bonchev–Trinajstić information content (AvgIpc) is 2.30. The summed E-state index contributed by atoms with van der Waals surface area (Å²) in [6, 6.07) is 10.6. The molecule has 15 heavy (non-hydrogen) atoms. The Bertz CT molecular complexity index is 426. The summed E-state index contributed by atoms with van der Waals surface area (Å²) in [7, 11) is 0. The first kappa shape index (κ1) is 9.97. The predicted molar refractivity (Wildman–Crippen MR) is 66.6 cm³/mol. The van der Waals surface area contributed by atoms with Gasteiger partial charge in [-0.1, -0.05) is 54.1 Å². The van der Waals surface area contributed by atoms with Gasteiger partial charge in [-0.25, -0.2) is 0 Å². The number of allylic oxidation sites excluding steroid dienone is 6. The van der Waals surface area contributed by atoms with Gasteiger partial charge < -0.3 is 0 Å². The van der Waals surface area contributed by atoms with E-state index >= 15 is 0 Å². The summed E-state index contributed by atoms with van der Waals surface area (Å²) in [5.41, 5.74) is 5.47. The molecule has 0 atom stereocenters. The molecule has 0 unspecified atom stereocenters. The van der Waals surface area contributed by atoms with Gasteiger partial charge in [-0.05, 0) is 37.0 Å². The van der Waals surface area contributed by atoms with Crippen molar-refractivity contribution in [3.05, 3.63) is 65.3 Å². The van der Waals surface area contributed by atoms with Gasteiger partial charge in [0.2, 0.25) is 0 Å². The van der Waals surface area contributed by atoms with Gasteiger partial charge in [-0.3, -0.25) is 0 Å². The van der Waals surface area contributed by atoms with Crippen LogP contribution >= 0.6 is 0 Å². The van der Waals surface area contributed by atoms with E-state index in [-0.39, 0.29) is 0 Å². The van der Waals surface area contributed by atoms with Crippen LogP contribution in [0.3, 0.4) is 0 Å². The highest BCUT2D eigenvalue weighted by atomic mass is 14.1. The van der Waals surface area contributed by atoms with Crippen molar-refractivity contribution in [2.24, 2.45) is 0 Å². The third kappa shape index (κ3) is 2.27. The lowest BCUT2D eigenvalue weighted by molar-refractivity contribution is 1.28. The fourth-order valence-corrected chi connectivity index (χ4v) is 1.77. The maximum absolute atomic E-state index is 2.30. The zero-order chi connectivity index (χ0) is 10.7. The maximum Gasteiger partial charge on any atom is -0.00880 e. The van der Waals surface area contributed by atoms with E-state index in [1.54, 1.807) is 0 Å². The molecule has 0 amide bonds. The second-order valence-electron chi connectivity index (χ2n) is 4.10. The number of hydrogen-bond donors (Lipinski definition) is 0. The Morgan fingerprint density at radius 2 is 1.80 bits per heavy atom. The van der Waals surface area contributed by atoms with Crippen LogP contribution < -0.4 is 0 Å². The molecule has 1 aromatic carbocycles. The van der Waals surface area contributed by atoms with E-state index in [1.165, 1.54) is 22.3 Å². The first-order valence-corrected chi connectivity index (χ1v) is 5.37. The fraction of sp³-hybridized carbons (Fsp3) is 0.200. The van der Waals surface area contributed by atoms with Crippen LogP contribution in [0.15, 0.2) is 59.7 Å². The number of rotatable bonds is 1. The highest BCUT2D eigenvalue weighted by Crippen LogP contribution is 2.26. The Hall–Kier alpha value is -1.56. The molecule has 1 aliphatic rings. The molecule has 0 N–H and O–H groups in total. The summed E-state index contributed by atoms with van der Waals surface area (Å²) < 4.78 is 0. The minimum Gasteiger partial charge on any atom is -0.0795 e. The van der Waals surface area contributed by atoms with Crippen LogP contribution in [0, 0.1) is 0 Å². The number of hydrogen-bond acceptors (Lipinski definition) is 0. The Kier molecular flexibility index (Phi) is 2.86. The van der Waals surface area contributed by atoms with Gasteiger partial charge in [0, 0.05) is 0 Å². The van der Waals surface area contributed by atoms with E-state index in [1.807, 2.05) is 0 Å². The molecule has 0 saturated carbocycles. The summed E-state index contributed by atoms with van der Waals surface area (Å²) in [5.74, 6) is 0. The topological polar surface area (TPSA) is 0 Å². The fourth-order valence-electron chi connectivity index (χ4n) is 1.77. The van der Waals surface area contributed by atoms with Crippen LogP contribution in [-0.4, -0.2) is 0 Å². The summed E-state index contributed by atoms with van der Waals surface area (Å²) in [4.78, 5) is 0. The Balaban J connectivity index is 2.37. The molecule has 0 bridgehead atoms. The van der Waals surface area contributed by atoms with Crippen molar-refractivity contribution in [1.82, 2.24) is 0 Å². The van der Waals surface area contributed by atoms with E-state index in [9.17, 15) is 0 Å². The van der Waals surface area contributed by atoms with Crippen molar-refractivity contribution >= 4 is 5.57 Å². The van der Waals surface area contributed by atoms with Gasteiger partial charge in [0.25, 0.3) is 0 Å². The summed E-state index contributed by atoms with van der Waals surface area (Å²) in [5, 5.41) is 0. The van der Waals surface area contributed by atoms with Gasteiger partial charge in [-0.2, -0.15) is 0 Å². The highest BCUT2D eigenvalue weighted by molar-refractivity contribution is 5.72. The smallest absolute Gasteiger partial charge is 0.00880 e. The predicted octanol–water partition coefficient (Wildman–Crippen LogP) is 4.37. The van der Waals surface area contributed by atoms with Crippen LogP contribution in [0.2, 0.25) is 0 Å². The Morgan fingerprint density at radius 1 is 1.07 bits per heavy atom. The number of benzene rings is 1. The van der Waals surface area contributed by atoms with Crippen LogP contribution in [0.4, 0.5) is 0 Å². The van der Waals surface area contributed by atoms with Gasteiger partial charge >= 0.3 is 0 Å². The summed E-state index contributed by atoms with van der Waals surface area (Å²) in [6.45, 7) is 4.31. The minimum absolute atomic E-state index is 1.04. The van der Waals surface area contributed by atoms with E-state index in [4.69, 9.17) is 0 Å². The summed E-state index contributed by atoms with van der Waals surface area (Å²) >= 11 is 0.